The van der Waals surface area contributed by atoms with Gasteiger partial charge in [-0.1, -0.05) is 6.92 Å². The van der Waals surface area contributed by atoms with Crippen LogP contribution in [0.1, 0.15) is 37.0 Å². The molecule has 0 spiro atoms. The van der Waals surface area contributed by atoms with Gasteiger partial charge in [0, 0.05) is 29.9 Å². The van der Waals surface area contributed by atoms with Crippen LogP contribution in [0.4, 0.5) is 0 Å². The number of rotatable bonds is 9. The lowest BCUT2D eigenvalue weighted by molar-refractivity contribution is 0.0942. The molecule has 0 saturated carbocycles. The van der Waals surface area contributed by atoms with Crippen molar-refractivity contribution in [2.24, 2.45) is 0 Å². The average molecular weight is 480 g/mol. The van der Waals surface area contributed by atoms with Gasteiger partial charge in [-0.2, -0.15) is 0 Å². The van der Waals surface area contributed by atoms with Gasteiger partial charge in [0.05, 0.1) is 31.8 Å². The average Bonchev–Trinajstić information content (AvgIpc) is 3.35. The zero-order chi connectivity index (χ0) is 24.9. The third kappa shape index (κ3) is 4.98. The van der Waals surface area contributed by atoms with Gasteiger partial charge in [0.2, 0.25) is 0 Å². The third-order valence-electron chi connectivity index (χ3n) is 6.60. The number of methoxy groups -OCH3 is 2. The first-order chi connectivity index (χ1) is 17.0. The van der Waals surface area contributed by atoms with Crippen molar-refractivity contribution in [3.05, 3.63) is 58.5 Å². The van der Waals surface area contributed by atoms with Crippen molar-refractivity contribution in [3.8, 4) is 22.9 Å². The van der Waals surface area contributed by atoms with E-state index in [2.05, 4.69) is 17.1 Å². The second kappa shape index (κ2) is 10.8. The van der Waals surface area contributed by atoms with E-state index < -0.39 is 0 Å². The summed E-state index contributed by atoms with van der Waals surface area (Å²) in [5.74, 6) is 1.37. The molecule has 2 heterocycles. The van der Waals surface area contributed by atoms with Gasteiger partial charge >= 0.3 is 0 Å². The normalized spacial score (nSPS) is 15.8. The van der Waals surface area contributed by atoms with E-state index in [4.69, 9.17) is 14.2 Å². The zero-order valence-corrected chi connectivity index (χ0v) is 20.8. The second-order valence-corrected chi connectivity index (χ2v) is 8.53. The number of fused-ring (bicyclic) bond motifs is 1. The lowest BCUT2D eigenvalue weighted by Crippen LogP contribution is -2.40. The molecule has 35 heavy (non-hydrogen) atoms. The van der Waals surface area contributed by atoms with Gasteiger partial charge < -0.3 is 19.5 Å². The maximum Gasteiger partial charge on any atom is 0.263 e. The molecule has 1 saturated heterocycles. The van der Waals surface area contributed by atoms with Gasteiger partial charge in [-0.25, -0.2) is 0 Å². The first-order valence-electron chi connectivity index (χ1n) is 12.1. The Morgan fingerprint density at radius 3 is 2.37 bits per heavy atom. The van der Waals surface area contributed by atoms with E-state index in [0.29, 0.717) is 58.5 Å². The molecule has 8 nitrogen and oxygen atoms in total. The number of nitrogens with one attached hydrogen (secondary N) is 1. The summed E-state index contributed by atoms with van der Waals surface area (Å²) in [6, 6.07) is 10.9. The number of benzene rings is 2. The number of hydrogen-bond donors (Lipinski definition) is 1. The van der Waals surface area contributed by atoms with Crippen molar-refractivity contribution in [3.63, 3.8) is 0 Å². The van der Waals surface area contributed by atoms with Crippen LogP contribution in [0.2, 0.25) is 0 Å². The van der Waals surface area contributed by atoms with E-state index in [-0.39, 0.29) is 11.5 Å². The summed E-state index contributed by atoms with van der Waals surface area (Å²) >= 11 is 0. The van der Waals surface area contributed by atoms with E-state index in [0.717, 1.165) is 25.9 Å². The number of likely N-dealkylation sites (tertiary alicyclic amines) is 1. The smallest absolute Gasteiger partial charge is 0.263 e. The molecule has 1 unspecified atom stereocenters. The molecule has 4 rings (SSSR count). The molecule has 8 heteroatoms. The lowest BCUT2D eigenvalue weighted by atomic mass is 10.0. The highest BCUT2D eigenvalue weighted by Gasteiger charge is 2.24. The second-order valence-electron chi connectivity index (χ2n) is 8.53. The van der Waals surface area contributed by atoms with E-state index in [9.17, 15) is 9.59 Å². The van der Waals surface area contributed by atoms with E-state index in [1.54, 1.807) is 30.5 Å². The van der Waals surface area contributed by atoms with Crippen LogP contribution in [0.5, 0.6) is 17.2 Å². The van der Waals surface area contributed by atoms with Crippen molar-refractivity contribution in [1.82, 2.24) is 14.8 Å². The Hall–Kier alpha value is -3.52. The first-order valence-corrected chi connectivity index (χ1v) is 12.1. The van der Waals surface area contributed by atoms with Gasteiger partial charge in [-0.05, 0) is 69.3 Å². The Morgan fingerprint density at radius 2 is 1.74 bits per heavy atom. The number of likely N-dealkylation sites (N-methyl/N-ethyl adjacent to an activating group) is 1. The summed E-state index contributed by atoms with van der Waals surface area (Å²) in [6.45, 7) is 7.18. The molecule has 3 aromatic rings. The number of ether oxygens (including phenoxy) is 3. The fourth-order valence-corrected chi connectivity index (χ4v) is 4.76. The lowest BCUT2D eigenvalue weighted by Gasteiger charge is -2.23. The number of carbonyl (C=O) groups is 1. The number of aromatic nitrogens is 1. The molecule has 186 valence electrons. The Kier molecular flexibility index (Phi) is 7.60. The molecule has 1 aliphatic heterocycles. The van der Waals surface area contributed by atoms with Crippen LogP contribution in [0.15, 0.2) is 47.4 Å². The quantitative estimate of drug-likeness (QED) is 0.505. The Balaban J connectivity index is 1.79. The fourth-order valence-electron chi connectivity index (χ4n) is 4.76. The maximum atomic E-state index is 13.5. The summed E-state index contributed by atoms with van der Waals surface area (Å²) in [5, 5.41) is 3.99. The minimum absolute atomic E-state index is 0.232. The fraction of sp³-hybridized carbons (Fsp3) is 0.407. The number of nitrogens with zero attached hydrogens (tertiary/aromatic N) is 2. The standard InChI is InChI=1S/C27H33N3O5/c1-5-29-13-7-8-19(29)16-28-26(31)23-17-30(18-9-11-20(12-10-18)35-6-2)27(32)22-15-25(34-4)24(33-3)14-21(22)23/h9-12,14-15,17,19H,5-8,13,16H2,1-4H3,(H,28,31). The molecule has 0 radical (unpaired) electrons. The highest BCUT2D eigenvalue weighted by molar-refractivity contribution is 6.07. The number of amides is 1. The Morgan fingerprint density at radius 1 is 1.06 bits per heavy atom. The molecular weight excluding hydrogens is 446 g/mol. The molecule has 1 atom stereocenters. The van der Waals surface area contributed by atoms with Gasteiger partial charge in [-0.3, -0.25) is 19.1 Å². The molecule has 1 amide bonds. The predicted octanol–water partition coefficient (Wildman–Crippen LogP) is 3.62. The molecule has 1 aliphatic rings. The van der Waals surface area contributed by atoms with E-state index in [1.807, 2.05) is 19.1 Å². The highest BCUT2D eigenvalue weighted by atomic mass is 16.5. The van der Waals surface area contributed by atoms with Crippen molar-refractivity contribution in [2.45, 2.75) is 32.7 Å². The molecule has 0 bridgehead atoms. The maximum absolute atomic E-state index is 13.5. The van der Waals surface area contributed by atoms with E-state index >= 15 is 0 Å². The zero-order valence-electron chi connectivity index (χ0n) is 20.8. The van der Waals surface area contributed by atoms with Crippen LogP contribution < -0.4 is 25.1 Å². The van der Waals surface area contributed by atoms with Crippen molar-refractivity contribution >= 4 is 16.7 Å². The van der Waals surface area contributed by atoms with Crippen molar-refractivity contribution < 1.29 is 19.0 Å². The van der Waals surface area contributed by atoms with Crippen LogP contribution in [-0.4, -0.2) is 61.9 Å². The number of carbonyl (C=O) groups excluding carboxylic acids is 1. The number of hydrogen-bond acceptors (Lipinski definition) is 6. The van der Waals surface area contributed by atoms with Gasteiger partial charge in [0.25, 0.3) is 11.5 Å². The molecule has 1 aromatic heterocycles. The Labute approximate surface area is 205 Å². The van der Waals surface area contributed by atoms with Crippen LogP contribution in [0.3, 0.4) is 0 Å². The highest BCUT2D eigenvalue weighted by Crippen LogP contribution is 2.33. The first kappa shape index (κ1) is 24.6. The molecule has 1 fully saturated rings. The SMILES string of the molecule is CCOc1ccc(-n2cc(C(=O)NCC3CCCN3CC)c3cc(OC)c(OC)cc3c2=O)cc1. The summed E-state index contributed by atoms with van der Waals surface area (Å²) < 4.78 is 17.9. The summed E-state index contributed by atoms with van der Waals surface area (Å²) in [4.78, 5) is 29.4. The van der Waals surface area contributed by atoms with Gasteiger partial charge in [-0.15, -0.1) is 0 Å². The molecular formula is C27H33N3O5. The molecule has 1 N–H and O–H groups in total. The van der Waals surface area contributed by atoms with Crippen molar-refractivity contribution in [2.75, 3.05) is 40.5 Å². The largest absolute Gasteiger partial charge is 0.494 e. The molecule has 2 aromatic carbocycles. The topological polar surface area (TPSA) is 82.0 Å². The van der Waals surface area contributed by atoms with Crippen LogP contribution in [0.25, 0.3) is 16.5 Å². The minimum atomic E-state index is -0.255. The predicted molar refractivity (Wildman–Crippen MR) is 136 cm³/mol. The third-order valence-corrected chi connectivity index (χ3v) is 6.60. The van der Waals surface area contributed by atoms with Crippen LogP contribution in [0, 0.1) is 0 Å². The molecule has 0 aliphatic carbocycles. The van der Waals surface area contributed by atoms with Gasteiger partial charge in [0.1, 0.15) is 5.75 Å². The number of pyridine rings is 1. The summed E-state index contributed by atoms with van der Waals surface area (Å²) in [7, 11) is 3.05. The monoisotopic (exact) mass is 479 g/mol. The van der Waals surface area contributed by atoms with Crippen LogP contribution >= 0.6 is 0 Å². The van der Waals surface area contributed by atoms with Crippen LogP contribution in [-0.2, 0) is 0 Å². The van der Waals surface area contributed by atoms with Gasteiger partial charge in [0.15, 0.2) is 11.5 Å². The van der Waals surface area contributed by atoms with E-state index in [1.165, 1.54) is 18.8 Å². The summed E-state index contributed by atoms with van der Waals surface area (Å²) in [6.07, 6.45) is 3.80. The van der Waals surface area contributed by atoms with Crippen molar-refractivity contribution in [1.29, 1.82) is 0 Å². The Bertz CT molecular complexity index is 1250. The summed E-state index contributed by atoms with van der Waals surface area (Å²) in [5.41, 5.74) is 0.780. The minimum Gasteiger partial charge on any atom is -0.494 e.